The van der Waals surface area contributed by atoms with E-state index in [1.165, 1.54) is 0 Å². The van der Waals surface area contributed by atoms with Crippen LogP contribution in [0.5, 0.6) is 0 Å². The van der Waals surface area contributed by atoms with Crippen molar-refractivity contribution in [3.8, 4) is 0 Å². The van der Waals surface area contributed by atoms with Gasteiger partial charge in [-0.1, -0.05) is 54.1 Å². The second kappa shape index (κ2) is 6.63. The number of aliphatic imine (C=N–C) groups is 1. The van der Waals surface area contributed by atoms with E-state index in [0.29, 0.717) is 10.6 Å². The Morgan fingerprint density at radius 3 is 2.65 bits per heavy atom. The minimum Gasteiger partial charge on any atom is -0.402 e. The molecule has 1 heterocycles. The SMILES string of the molecule is CC(=Cc1ccccc1)C=C1N=C(c2cccc(Cl)c2)OC1=O. The molecule has 23 heavy (non-hydrogen) atoms. The molecule has 0 spiro atoms. The largest absolute Gasteiger partial charge is 0.402 e. The lowest BCUT2D eigenvalue weighted by molar-refractivity contribution is -0.130. The van der Waals surface area contributed by atoms with Gasteiger partial charge in [-0.2, -0.15) is 0 Å². The fraction of sp³-hybridized carbons (Fsp3) is 0.0526. The average Bonchev–Trinajstić information content (AvgIpc) is 2.89. The Kier molecular flexibility index (Phi) is 4.40. The summed E-state index contributed by atoms with van der Waals surface area (Å²) in [6.07, 6.45) is 3.69. The number of ether oxygens (including phenoxy) is 1. The molecule has 0 bridgehead atoms. The van der Waals surface area contributed by atoms with Crippen LogP contribution < -0.4 is 0 Å². The lowest BCUT2D eigenvalue weighted by atomic mass is 10.1. The van der Waals surface area contributed by atoms with E-state index in [9.17, 15) is 4.79 Å². The van der Waals surface area contributed by atoms with Gasteiger partial charge in [0, 0.05) is 10.6 Å². The topological polar surface area (TPSA) is 38.7 Å². The summed E-state index contributed by atoms with van der Waals surface area (Å²) >= 11 is 5.95. The van der Waals surface area contributed by atoms with E-state index in [4.69, 9.17) is 16.3 Å². The minimum atomic E-state index is -0.458. The van der Waals surface area contributed by atoms with Gasteiger partial charge in [0.15, 0.2) is 5.70 Å². The molecule has 3 rings (SSSR count). The first kappa shape index (κ1) is 15.3. The summed E-state index contributed by atoms with van der Waals surface area (Å²) in [5.74, 6) is -0.183. The molecule has 0 aliphatic carbocycles. The number of esters is 1. The van der Waals surface area contributed by atoms with E-state index in [2.05, 4.69) is 4.99 Å². The van der Waals surface area contributed by atoms with Crippen LogP contribution in [-0.4, -0.2) is 11.9 Å². The highest BCUT2D eigenvalue weighted by atomic mass is 35.5. The Labute approximate surface area is 139 Å². The van der Waals surface area contributed by atoms with Gasteiger partial charge in [-0.25, -0.2) is 9.79 Å². The third kappa shape index (κ3) is 3.76. The zero-order chi connectivity index (χ0) is 16.2. The fourth-order valence-corrected chi connectivity index (χ4v) is 2.41. The summed E-state index contributed by atoms with van der Waals surface area (Å²) in [5.41, 5.74) is 2.94. The summed E-state index contributed by atoms with van der Waals surface area (Å²) in [7, 11) is 0. The predicted octanol–water partition coefficient (Wildman–Crippen LogP) is 4.63. The van der Waals surface area contributed by atoms with Crippen molar-refractivity contribution < 1.29 is 9.53 Å². The maximum absolute atomic E-state index is 12.0. The molecule has 0 atom stereocenters. The molecule has 0 N–H and O–H groups in total. The number of cyclic esters (lactones) is 1. The Hall–Kier alpha value is -2.65. The number of nitrogens with zero attached hydrogens (tertiary/aromatic N) is 1. The standard InChI is InChI=1S/C19H14ClNO2/c1-13(10-14-6-3-2-4-7-14)11-17-19(22)23-18(21-17)15-8-5-9-16(20)12-15/h2-12H,1H3. The number of carbonyl (C=O) groups excluding carboxylic acids is 1. The molecule has 0 saturated heterocycles. The van der Waals surface area contributed by atoms with Gasteiger partial charge in [-0.15, -0.1) is 0 Å². The highest BCUT2D eigenvalue weighted by molar-refractivity contribution is 6.31. The number of carbonyl (C=O) groups is 1. The smallest absolute Gasteiger partial charge is 0.363 e. The van der Waals surface area contributed by atoms with Crippen molar-refractivity contribution in [2.24, 2.45) is 4.99 Å². The monoisotopic (exact) mass is 323 g/mol. The molecule has 1 aliphatic rings. The van der Waals surface area contributed by atoms with Gasteiger partial charge in [0.2, 0.25) is 5.90 Å². The van der Waals surface area contributed by atoms with Crippen LogP contribution in [0.3, 0.4) is 0 Å². The normalized spacial score (nSPS) is 16.4. The van der Waals surface area contributed by atoms with Crippen LogP contribution in [0.15, 0.2) is 76.9 Å². The zero-order valence-electron chi connectivity index (χ0n) is 12.5. The van der Waals surface area contributed by atoms with Gasteiger partial charge in [-0.05, 0) is 42.3 Å². The third-order valence-corrected chi connectivity index (χ3v) is 3.49. The van der Waals surface area contributed by atoms with Gasteiger partial charge in [0.25, 0.3) is 0 Å². The number of rotatable bonds is 3. The van der Waals surface area contributed by atoms with E-state index < -0.39 is 5.97 Å². The second-order valence-electron chi connectivity index (χ2n) is 5.15. The molecule has 0 radical (unpaired) electrons. The van der Waals surface area contributed by atoms with Crippen molar-refractivity contribution in [1.82, 2.24) is 0 Å². The summed E-state index contributed by atoms with van der Waals surface area (Å²) in [6.45, 7) is 1.92. The van der Waals surface area contributed by atoms with E-state index in [1.807, 2.05) is 43.3 Å². The van der Waals surface area contributed by atoms with Gasteiger partial charge >= 0.3 is 5.97 Å². The molecule has 0 fully saturated rings. The first-order chi connectivity index (χ1) is 11.1. The molecule has 4 heteroatoms. The maximum Gasteiger partial charge on any atom is 0.363 e. The van der Waals surface area contributed by atoms with Crippen LogP contribution in [0.4, 0.5) is 0 Å². The Morgan fingerprint density at radius 1 is 1.13 bits per heavy atom. The molecule has 114 valence electrons. The van der Waals surface area contributed by atoms with Crippen LogP contribution in [-0.2, 0) is 9.53 Å². The van der Waals surface area contributed by atoms with Gasteiger partial charge in [-0.3, -0.25) is 0 Å². The van der Waals surface area contributed by atoms with Gasteiger partial charge < -0.3 is 4.74 Å². The van der Waals surface area contributed by atoms with Crippen molar-refractivity contribution in [3.63, 3.8) is 0 Å². The first-order valence-corrected chi connectivity index (χ1v) is 7.51. The number of allylic oxidation sites excluding steroid dienone is 2. The van der Waals surface area contributed by atoms with Crippen molar-refractivity contribution in [2.45, 2.75) is 6.92 Å². The predicted molar refractivity (Wildman–Crippen MR) is 92.3 cm³/mol. The summed E-state index contributed by atoms with van der Waals surface area (Å²) in [6, 6.07) is 16.9. The maximum atomic E-state index is 12.0. The van der Waals surface area contributed by atoms with E-state index >= 15 is 0 Å². The van der Waals surface area contributed by atoms with Crippen molar-refractivity contribution in [3.05, 3.63) is 88.1 Å². The molecule has 2 aromatic carbocycles. The Morgan fingerprint density at radius 2 is 1.91 bits per heavy atom. The second-order valence-corrected chi connectivity index (χ2v) is 5.58. The summed E-state index contributed by atoms with van der Waals surface area (Å²) in [4.78, 5) is 16.2. The van der Waals surface area contributed by atoms with Crippen molar-refractivity contribution in [2.75, 3.05) is 0 Å². The molecular weight excluding hydrogens is 310 g/mol. The minimum absolute atomic E-state index is 0.274. The number of benzene rings is 2. The number of halogens is 1. The summed E-state index contributed by atoms with van der Waals surface area (Å²) < 4.78 is 5.22. The molecule has 0 amide bonds. The quantitative estimate of drug-likeness (QED) is 0.610. The fourth-order valence-electron chi connectivity index (χ4n) is 2.22. The first-order valence-electron chi connectivity index (χ1n) is 7.14. The van der Waals surface area contributed by atoms with E-state index in [-0.39, 0.29) is 11.6 Å². The molecule has 0 aromatic heterocycles. The lowest BCUT2D eigenvalue weighted by Gasteiger charge is -1.98. The molecule has 3 nitrogen and oxygen atoms in total. The van der Waals surface area contributed by atoms with Crippen LogP contribution >= 0.6 is 11.6 Å². The molecular formula is C19H14ClNO2. The van der Waals surface area contributed by atoms with Crippen LogP contribution in [0, 0.1) is 0 Å². The highest BCUT2D eigenvalue weighted by Crippen LogP contribution is 2.20. The zero-order valence-corrected chi connectivity index (χ0v) is 13.2. The molecule has 0 unspecified atom stereocenters. The third-order valence-electron chi connectivity index (χ3n) is 3.25. The van der Waals surface area contributed by atoms with Crippen molar-refractivity contribution in [1.29, 1.82) is 0 Å². The van der Waals surface area contributed by atoms with Crippen LogP contribution in [0.25, 0.3) is 6.08 Å². The molecule has 0 saturated carbocycles. The highest BCUT2D eigenvalue weighted by Gasteiger charge is 2.24. The number of hydrogen-bond acceptors (Lipinski definition) is 3. The van der Waals surface area contributed by atoms with Gasteiger partial charge in [0.05, 0.1) is 0 Å². The van der Waals surface area contributed by atoms with E-state index in [1.54, 1.807) is 30.3 Å². The Balaban J connectivity index is 1.88. The van der Waals surface area contributed by atoms with Crippen molar-refractivity contribution >= 4 is 29.5 Å². The molecule has 1 aliphatic heterocycles. The molecule has 2 aromatic rings. The van der Waals surface area contributed by atoms with Crippen LogP contribution in [0.1, 0.15) is 18.1 Å². The Bertz CT molecular complexity index is 835. The average molecular weight is 324 g/mol. The number of hydrogen-bond donors (Lipinski definition) is 0. The van der Waals surface area contributed by atoms with Gasteiger partial charge in [0.1, 0.15) is 0 Å². The lowest BCUT2D eigenvalue weighted by Crippen LogP contribution is -2.05. The van der Waals surface area contributed by atoms with E-state index in [0.717, 1.165) is 11.1 Å². The van der Waals surface area contributed by atoms with Crippen LogP contribution in [0.2, 0.25) is 5.02 Å². The summed E-state index contributed by atoms with van der Waals surface area (Å²) in [5, 5.41) is 0.568.